The smallest absolute Gasteiger partial charge is 0.159 e. The highest BCUT2D eigenvalue weighted by Gasteiger charge is 2.63. The third-order valence-electron chi connectivity index (χ3n) is 4.78. The molecule has 0 spiro atoms. The number of hydrogen-bond donors (Lipinski definition) is 0. The lowest BCUT2D eigenvalue weighted by Gasteiger charge is -2.20. The predicted octanol–water partition coefficient (Wildman–Crippen LogP) is 3.31. The maximum atomic E-state index is 12.0. The van der Waals surface area contributed by atoms with Gasteiger partial charge in [-0.1, -0.05) is 12.5 Å². The van der Waals surface area contributed by atoms with Gasteiger partial charge in [-0.05, 0) is 56.4 Å². The molecule has 3 unspecified atom stereocenters. The summed E-state index contributed by atoms with van der Waals surface area (Å²) in [6, 6.07) is 0. The Balaban J connectivity index is 2.08. The van der Waals surface area contributed by atoms with Gasteiger partial charge in [0.05, 0.1) is 0 Å². The first-order valence-corrected chi connectivity index (χ1v) is 6.55. The van der Waals surface area contributed by atoms with Crippen molar-refractivity contribution in [3.63, 3.8) is 0 Å². The average Bonchev–Trinajstić information content (AvgIpc) is 2.78. The van der Waals surface area contributed by atoms with Gasteiger partial charge in [-0.25, -0.2) is 0 Å². The van der Waals surface area contributed by atoms with Gasteiger partial charge < -0.3 is 4.79 Å². The van der Waals surface area contributed by atoms with Crippen molar-refractivity contribution < 1.29 is 9.59 Å². The van der Waals surface area contributed by atoms with Gasteiger partial charge in [0.15, 0.2) is 5.78 Å². The molecule has 0 aromatic carbocycles. The summed E-state index contributed by atoms with van der Waals surface area (Å²) >= 11 is 0. The van der Waals surface area contributed by atoms with E-state index in [9.17, 15) is 9.59 Å². The number of carbonyl (C=O) groups is 2. The van der Waals surface area contributed by atoms with Crippen LogP contribution < -0.4 is 0 Å². The Labute approximate surface area is 103 Å². The van der Waals surface area contributed by atoms with Gasteiger partial charge in [0, 0.05) is 12.8 Å². The van der Waals surface area contributed by atoms with Gasteiger partial charge in [0.25, 0.3) is 0 Å². The van der Waals surface area contributed by atoms with Gasteiger partial charge in [-0.2, -0.15) is 0 Å². The van der Waals surface area contributed by atoms with Crippen molar-refractivity contribution in [2.75, 3.05) is 0 Å². The lowest BCUT2D eigenvalue weighted by molar-refractivity contribution is -0.117. The number of allylic oxidation sites excluding steroid dienone is 2. The van der Waals surface area contributed by atoms with Crippen molar-refractivity contribution in [1.29, 1.82) is 0 Å². The van der Waals surface area contributed by atoms with E-state index in [1.807, 2.05) is 13.8 Å². The average molecular weight is 234 g/mol. The van der Waals surface area contributed by atoms with E-state index < -0.39 is 0 Å². The second kappa shape index (κ2) is 4.08. The van der Waals surface area contributed by atoms with Crippen LogP contribution in [0, 0.1) is 17.3 Å². The van der Waals surface area contributed by atoms with Crippen LogP contribution in [0.25, 0.3) is 0 Å². The topological polar surface area (TPSA) is 34.1 Å². The van der Waals surface area contributed by atoms with Crippen molar-refractivity contribution in [3.8, 4) is 0 Å². The zero-order valence-electron chi connectivity index (χ0n) is 11.3. The van der Waals surface area contributed by atoms with Crippen LogP contribution in [0.1, 0.15) is 53.4 Å². The minimum Gasteiger partial charge on any atom is -0.300 e. The molecule has 2 saturated carbocycles. The van der Waals surface area contributed by atoms with Crippen LogP contribution in [0.4, 0.5) is 0 Å². The normalized spacial score (nSPS) is 35.5. The molecular weight excluding hydrogens is 212 g/mol. The molecule has 0 aliphatic heterocycles. The van der Waals surface area contributed by atoms with Crippen LogP contribution in [0.3, 0.4) is 0 Å². The molecule has 17 heavy (non-hydrogen) atoms. The number of Topliss-reactive ketones (excluding diaryl/α,β-unsaturated/α-hetero) is 2. The van der Waals surface area contributed by atoms with Gasteiger partial charge in [0.1, 0.15) is 5.78 Å². The minimum absolute atomic E-state index is 0.269. The van der Waals surface area contributed by atoms with Crippen molar-refractivity contribution in [2.24, 2.45) is 17.3 Å². The molecule has 0 N–H and O–H groups in total. The molecule has 0 heterocycles. The summed E-state index contributed by atoms with van der Waals surface area (Å²) < 4.78 is 0. The highest BCUT2D eigenvalue weighted by Crippen LogP contribution is 2.68. The fraction of sp³-hybridized carbons (Fsp3) is 0.733. The first-order valence-electron chi connectivity index (χ1n) is 6.55. The summed E-state index contributed by atoms with van der Waals surface area (Å²) in [5, 5.41) is 0. The van der Waals surface area contributed by atoms with E-state index in [1.165, 1.54) is 5.57 Å². The van der Waals surface area contributed by atoms with E-state index in [-0.39, 0.29) is 5.78 Å². The Morgan fingerprint density at radius 1 is 1.35 bits per heavy atom. The Hall–Kier alpha value is -0.920. The number of rotatable bonds is 3. The van der Waals surface area contributed by atoms with Gasteiger partial charge >= 0.3 is 0 Å². The number of carbonyl (C=O) groups excluding carboxylic acids is 2. The standard InChI is InChI=1S/C15H22O2/c1-9(2)11-8-15(4)12(6-5-10(3)16)13(15)7-14(11)17/h12-13H,5-8H2,1-4H3. The van der Waals surface area contributed by atoms with E-state index >= 15 is 0 Å². The summed E-state index contributed by atoms with van der Waals surface area (Å²) in [6.45, 7) is 8.01. The fourth-order valence-electron chi connectivity index (χ4n) is 3.55. The monoisotopic (exact) mass is 234 g/mol. The molecule has 94 valence electrons. The molecule has 0 saturated heterocycles. The number of hydrogen-bond acceptors (Lipinski definition) is 2. The highest BCUT2D eigenvalue weighted by atomic mass is 16.1. The second-order valence-corrected chi connectivity index (χ2v) is 6.24. The molecule has 0 aromatic rings. The van der Waals surface area contributed by atoms with Crippen molar-refractivity contribution >= 4 is 11.6 Å². The predicted molar refractivity (Wildman–Crippen MR) is 67.6 cm³/mol. The van der Waals surface area contributed by atoms with Crippen LogP contribution in [0.2, 0.25) is 0 Å². The molecule has 0 amide bonds. The van der Waals surface area contributed by atoms with E-state index in [4.69, 9.17) is 0 Å². The first-order chi connectivity index (χ1) is 7.86. The molecule has 0 radical (unpaired) electrons. The molecule has 2 aliphatic carbocycles. The maximum Gasteiger partial charge on any atom is 0.159 e. The summed E-state index contributed by atoms with van der Waals surface area (Å²) in [6.07, 6.45) is 3.29. The lowest BCUT2D eigenvalue weighted by Crippen LogP contribution is -2.17. The Kier molecular flexibility index (Phi) is 3.01. The fourth-order valence-corrected chi connectivity index (χ4v) is 3.55. The van der Waals surface area contributed by atoms with Gasteiger partial charge in [-0.15, -0.1) is 0 Å². The largest absolute Gasteiger partial charge is 0.300 e. The SMILES string of the molecule is CC(=O)CCC1C2CC(=O)C(=C(C)C)CC12C. The summed E-state index contributed by atoms with van der Waals surface area (Å²) in [5.74, 6) is 1.74. The molecular formula is C15H22O2. The molecule has 2 nitrogen and oxygen atoms in total. The Morgan fingerprint density at radius 2 is 2.00 bits per heavy atom. The zero-order valence-corrected chi connectivity index (χ0v) is 11.3. The number of ketones is 2. The van der Waals surface area contributed by atoms with Crippen LogP contribution in [-0.2, 0) is 9.59 Å². The third kappa shape index (κ3) is 2.10. The Morgan fingerprint density at radius 3 is 2.53 bits per heavy atom. The van der Waals surface area contributed by atoms with E-state index in [1.54, 1.807) is 6.92 Å². The number of fused-ring (bicyclic) bond motifs is 1. The summed E-state index contributed by atoms with van der Waals surface area (Å²) in [4.78, 5) is 23.0. The molecule has 2 fully saturated rings. The molecule has 3 atom stereocenters. The van der Waals surface area contributed by atoms with Gasteiger partial charge in [0.2, 0.25) is 0 Å². The van der Waals surface area contributed by atoms with Crippen LogP contribution in [0.5, 0.6) is 0 Å². The molecule has 0 bridgehead atoms. The van der Waals surface area contributed by atoms with E-state index in [2.05, 4.69) is 6.92 Å². The van der Waals surface area contributed by atoms with E-state index in [0.717, 1.165) is 18.4 Å². The maximum absolute atomic E-state index is 12.0. The van der Waals surface area contributed by atoms with Crippen molar-refractivity contribution in [2.45, 2.75) is 53.4 Å². The zero-order chi connectivity index (χ0) is 12.8. The summed E-state index contributed by atoms with van der Waals surface area (Å²) in [5.41, 5.74) is 2.52. The third-order valence-corrected chi connectivity index (χ3v) is 4.78. The van der Waals surface area contributed by atoms with Crippen LogP contribution >= 0.6 is 0 Å². The van der Waals surface area contributed by atoms with Crippen LogP contribution in [-0.4, -0.2) is 11.6 Å². The van der Waals surface area contributed by atoms with Crippen molar-refractivity contribution in [3.05, 3.63) is 11.1 Å². The molecule has 2 rings (SSSR count). The molecule has 0 aromatic heterocycles. The van der Waals surface area contributed by atoms with Crippen LogP contribution in [0.15, 0.2) is 11.1 Å². The van der Waals surface area contributed by atoms with Crippen molar-refractivity contribution in [1.82, 2.24) is 0 Å². The second-order valence-electron chi connectivity index (χ2n) is 6.24. The molecule has 2 heteroatoms. The quantitative estimate of drug-likeness (QED) is 0.702. The Bertz CT molecular complexity index is 401. The minimum atomic E-state index is 0.269. The first kappa shape index (κ1) is 12.5. The lowest BCUT2D eigenvalue weighted by atomic mass is 9.83. The molecule has 2 aliphatic rings. The highest BCUT2D eigenvalue weighted by molar-refractivity contribution is 5.97. The van der Waals surface area contributed by atoms with E-state index in [0.29, 0.717) is 35.9 Å². The summed E-state index contributed by atoms with van der Waals surface area (Å²) in [7, 11) is 0. The van der Waals surface area contributed by atoms with Gasteiger partial charge in [-0.3, -0.25) is 4.79 Å².